The van der Waals surface area contributed by atoms with E-state index in [4.69, 9.17) is 5.26 Å². The second kappa shape index (κ2) is 7.73. The van der Waals surface area contributed by atoms with Crippen molar-refractivity contribution < 1.29 is 4.79 Å². The van der Waals surface area contributed by atoms with Gasteiger partial charge in [0.2, 0.25) is 5.91 Å². The summed E-state index contributed by atoms with van der Waals surface area (Å²) in [7, 11) is 0. The third-order valence-electron chi connectivity index (χ3n) is 3.52. The Balaban J connectivity index is 1.74. The second-order valence-electron chi connectivity index (χ2n) is 5.04. The first-order chi connectivity index (χ1) is 10.6. The molecule has 0 aliphatic carbocycles. The number of amides is 1. The number of anilines is 1. The summed E-state index contributed by atoms with van der Waals surface area (Å²) >= 11 is 1.36. The van der Waals surface area contributed by atoms with E-state index in [1.807, 2.05) is 16.9 Å². The van der Waals surface area contributed by atoms with Crippen molar-refractivity contribution in [2.45, 2.75) is 32.4 Å². The van der Waals surface area contributed by atoms with Crippen LogP contribution in [-0.4, -0.2) is 28.3 Å². The van der Waals surface area contributed by atoms with E-state index in [0.717, 1.165) is 0 Å². The molecule has 0 saturated carbocycles. The molecule has 2 heterocycles. The number of hydrogen-bond acceptors (Lipinski definition) is 5. The Bertz CT molecular complexity index is 643. The molecule has 116 valence electrons. The van der Waals surface area contributed by atoms with Gasteiger partial charge in [0.1, 0.15) is 11.1 Å². The van der Waals surface area contributed by atoms with Crippen LogP contribution in [0.5, 0.6) is 0 Å². The first kappa shape index (κ1) is 16.2. The molecule has 1 amide bonds. The first-order valence-electron chi connectivity index (χ1n) is 7.11. The van der Waals surface area contributed by atoms with E-state index in [0.29, 0.717) is 23.5 Å². The maximum Gasteiger partial charge on any atom is 0.226 e. The molecule has 0 aliphatic heterocycles. The molecule has 22 heavy (non-hydrogen) atoms. The molecule has 0 spiro atoms. The van der Waals surface area contributed by atoms with Gasteiger partial charge in [-0.1, -0.05) is 0 Å². The molecule has 2 N–H and O–H groups in total. The summed E-state index contributed by atoms with van der Waals surface area (Å²) in [6.45, 7) is 4.72. The Hall–Kier alpha value is -2.17. The van der Waals surface area contributed by atoms with E-state index in [2.05, 4.69) is 35.6 Å². The molecule has 0 aliphatic rings. The number of nitrogens with zero attached hydrogens (tertiary/aromatic N) is 3. The maximum absolute atomic E-state index is 11.9. The van der Waals surface area contributed by atoms with Crippen molar-refractivity contribution in [1.29, 1.82) is 5.26 Å². The van der Waals surface area contributed by atoms with Gasteiger partial charge in [0.05, 0.1) is 11.6 Å². The Kier molecular flexibility index (Phi) is 5.69. The van der Waals surface area contributed by atoms with Crippen LogP contribution in [0.3, 0.4) is 0 Å². The standard InChI is InChI=1S/C15H19N5OS/c1-11(12(2)20-8-3-6-18-20)17-7-4-14(21)19-15-13(10-16)5-9-22-15/h3,5-6,8-9,11-12,17H,4,7H2,1-2H3,(H,19,21)/t11-,12+/m0/s1. The third-order valence-corrected chi connectivity index (χ3v) is 4.35. The van der Waals surface area contributed by atoms with E-state index in [9.17, 15) is 4.79 Å². The van der Waals surface area contributed by atoms with E-state index < -0.39 is 0 Å². The van der Waals surface area contributed by atoms with Gasteiger partial charge in [0.25, 0.3) is 0 Å². The van der Waals surface area contributed by atoms with Crippen LogP contribution in [0.4, 0.5) is 5.00 Å². The second-order valence-corrected chi connectivity index (χ2v) is 5.96. The number of rotatable bonds is 7. The molecule has 0 fully saturated rings. The molecule has 6 nitrogen and oxygen atoms in total. The predicted octanol–water partition coefficient (Wildman–Crippen LogP) is 2.38. The first-order valence-corrected chi connectivity index (χ1v) is 7.99. The van der Waals surface area contributed by atoms with E-state index in [1.165, 1.54) is 11.3 Å². The smallest absolute Gasteiger partial charge is 0.226 e. The largest absolute Gasteiger partial charge is 0.317 e. The van der Waals surface area contributed by atoms with Crippen molar-refractivity contribution >= 4 is 22.2 Å². The molecule has 2 atom stereocenters. The SMILES string of the molecule is C[C@H](NCCC(=O)Nc1sccc1C#N)[C@@H](C)n1cccn1. The lowest BCUT2D eigenvalue weighted by Crippen LogP contribution is -2.35. The van der Waals surface area contributed by atoms with Gasteiger partial charge in [-0.05, 0) is 31.4 Å². The van der Waals surface area contributed by atoms with Crippen molar-refractivity contribution in [3.05, 3.63) is 35.5 Å². The van der Waals surface area contributed by atoms with Crippen LogP contribution in [0.25, 0.3) is 0 Å². The molecule has 2 aromatic rings. The highest BCUT2D eigenvalue weighted by molar-refractivity contribution is 7.14. The minimum atomic E-state index is -0.0922. The van der Waals surface area contributed by atoms with E-state index in [-0.39, 0.29) is 18.0 Å². The molecule has 0 unspecified atom stereocenters. The monoisotopic (exact) mass is 317 g/mol. The number of aromatic nitrogens is 2. The molecule has 0 saturated heterocycles. The Morgan fingerprint density at radius 2 is 2.36 bits per heavy atom. The number of nitriles is 1. The van der Waals surface area contributed by atoms with Gasteiger partial charge in [-0.2, -0.15) is 10.4 Å². The van der Waals surface area contributed by atoms with Crippen LogP contribution < -0.4 is 10.6 Å². The highest BCUT2D eigenvalue weighted by Gasteiger charge is 2.14. The van der Waals surface area contributed by atoms with Crippen molar-refractivity contribution in [2.75, 3.05) is 11.9 Å². The Labute approximate surface area is 133 Å². The number of hydrogen-bond donors (Lipinski definition) is 2. The van der Waals surface area contributed by atoms with Gasteiger partial charge in [-0.3, -0.25) is 9.48 Å². The summed E-state index contributed by atoms with van der Waals surface area (Å²) in [6.07, 6.45) is 4.04. The minimum absolute atomic E-state index is 0.0922. The molecule has 7 heteroatoms. The van der Waals surface area contributed by atoms with Gasteiger partial charge in [-0.25, -0.2) is 0 Å². The third kappa shape index (κ3) is 4.16. The molecule has 0 radical (unpaired) electrons. The average Bonchev–Trinajstić information content (AvgIpc) is 3.17. The summed E-state index contributed by atoms with van der Waals surface area (Å²) in [4.78, 5) is 11.9. The number of carbonyl (C=O) groups is 1. The average molecular weight is 317 g/mol. The van der Waals surface area contributed by atoms with Gasteiger partial charge < -0.3 is 10.6 Å². The van der Waals surface area contributed by atoms with E-state index >= 15 is 0 Å². The van der Waals surface area contributed by atoms with Crippen LogP contribution in [0.15, 0.2) is 29.9 Å². The van der Waals surface area contributed by atoms with Crippen LogP contribution in [0.1, 0.15) is 31.9 Å². The van der Waals surface area contributed by atoms with E-state index in [1.54, 1.807) is 17.6 Å². The van der Waals surface area contributed by atoms with Crippen LogP contribution in [0, 0.1) is 11.3 Å². The van der Waals surface area contributed by atoms with Gasteiger partial charge in [-0.15, -0.1) is 11.3 Å². The lowest BCUT2D eigenvalue weighted by molar-refractivity contribution is -0.116. The fourth-order valence-corrected chi connectivity index (χ4v) is 2.77. The number of nitrogens with one attached hydrogen (secondary N) is 2. The molecule has 2 aromatic heterocycles. The minimum Gasteiger partial charge on any atom is -0.317 e. The van der Waals surface area contributed by atoms with Crippen molar-refractivity contribution in [3.63, 3.8) is 0 Å². The summed E-state index contributed by atoms with van der Waals surface area (Å²) in [5, 5.41) is 21.6. The molecule has 0 bridgehead atoms. The van der Waals surface area contributed by atoms with Crippen LogP contribution in [-0.2, 0) is 4.79 Å². The molecular formula is C15H19N5OS. The molecule has 2 rings (SSSR count). The lowest BCUT2D eigenvalue weighted by Gasteiger charge is -2.21. The van der Waals surface area contributed by atoms with Crippen molar-refractivity contribution in [2.24, 2.45) is 0 Å². The number of carbonyl (C=O) groups excluding carboxylic acids is 1. The normalized spacial score (nSPS) is 13.3. The maximum atomic E-state index is 11.9. The zero-order valence-electron chi connectivity index (χ0n) is 12.6. The van der Waals surface area contributed by atoms with Gasteiger partial charge >= 0.3 is 0 Å². The molecular weight excluding hydrogens is 298 g/mol. The van der Waals surface area contributed by atoms with Crippen molar-refractivity contribution in [1.82, 2.24) is 15.1 Å². The highest BCUT2D eigenvalue weighted by Crippen LogP contribution is 2.22. The lowest BCUT2D eigenvalue weighted by atomic mass is 10.1. The zero-order chi connectivity index (χ0) is 15.9. The summed E-state index contributed by atoms with van der Waals surface area (Å²) in [6, 6.07) is 6.06. The summed E-state index contributed by atoms with van der Waals surface area (Å²) in [5.41, 5.74) is 0.506. The topological polar surface area (TPSA) is 82.7 Å². The van der Waals surface area contributed by atoms with Gasteiger partial charge in [0, 0.05) is 31.4 Å². The van der Waals surface area contributed by atoms with Crippen LogP contribution in [0.2, 0.25) is 0 Å². The Morgan fingerprint density at radius 3 is 3.05 bits per heavy atom. The number of thiophene rings is 1. The van der Waals surface area contributed by atoms with Crippen LogP contribution >= 0.6 is 11.3 Å². The predicted molar refractivity (Wildman–Crippen MR) is 86.7 cm³/mol. The quantitative estimate of drug-likeness (QED) is 0.821. The summed E-state index contributed by atoms with van der Waals surface area (Å²) < 4.78 is 1.89. The zero-order valence-corrected chi connectivity index (χ0v) is 13.4. The summed E-state index contributed by atoms with van der Waals surface area (Å²) in [5.74, 6) is -0.0922. The van der Waals surface area contributed by atoms with Gasteiger partial charge in [0.15, 0.2) is 0 Å². The van der Waals surface area contributed by atoms with Crippen molar-refractivity contribution in [3.8, 4) is 6.07 Å². The molecule has 0 aromatic carbocycles. The highest BCUT2D eigenvalue weighted by atomic mass is 32.1. The Morgan fingerprint density at radius 1 is 1.55 bits per heavy atom. The fourth-order valence-electron chi connectivity index (χ4n) is 2.02. The fraction of sp³-hybridized carbons (Fsp3) is 0.400.